The van der Waals surface area contributed by atoms with Crippen LogP contribution in [0.15, 0.2) is 18.2 Å². The highest BCUT2D eigenvalue weighted by atomic mass is 32.2. The van der Waals surface area contributed by atoms with Crippen LogP contribution < -0.4 is 10.6 Å². The van der Waals surface area contributed by atoms with E-state index in [4.69, 9.17) is 11.0 Å². The van der Waals surface area contributed by atoms with Crippen LogP contribution in [0.25, 0.3) is 0 Å². The van der Waals surface area contributed by atoms with Crippen LogP contribution in [0.3, 0.4) is 0 Å². The number of nitrogen functional groups attached to an aromatic ring is 1. The highest BCUT2D eigenvalue weighted by Crippen LogP contribution is 2.20. The molecule has 114 valence electrons. The highest BCUT2D eigenvalue weighted by molar-refractivity contribution is 7.97. The number of nitriles is 1. The Kier molecular flexibility index (Phi) is 5.12. The molecule has 22 heavy (non-hydrogen) atoms. The molecule has 2 N–H and O–H groups in total. The number of hydrogen-bond acceptors (Lipinski definition) is 7. The van der Waals surface area contributed by atoms with Gasteiger partial charge in [-0.1, -0.05) is 6.07 Å². The normalized spacial score (nSPS) is 10.3. The summed E-state index contributed by atoms with van der Waals surface area (Å²) in [6.45, 7) is 0. The molecule has 0 bridgehead atoms. The lowest BCUT2D eigenvalue weighted by Crippen LogP contribution is -2.15. The number of hydrogen-bond donors (Lipinski definition) is 1. The van der Waals surface area contributed by atoms with Crippen LogP contribution >= 0.6 is 11.8 Å². The summed E-state index contributed by atoms with van der Waals surface area (Å²) in [7, 11) is 3.63. The van der Waals surface area contributed by atoms with Gasteiger partial charge >= 0.3 is 0 Å². The maximum atomic E-state index is 13.8. The Morgan fingerprint density at radius 1 is 1.27 bits per heavy atom. The van der Waals surface area contributed by atoms with Gasteiger partial charge in [-0.15, -0.1) is 11.8 Å². The Labute approximate surface area is 132 Å². The fourth-order valence-electron chi connectivity index (χ4n) is 1.68. The third-order valence-corrected chi connectivity index (χ3v) is 3.74. The van der Waals surface area contributed by atoms with Gasteiger partial charge in [-0.2, -0.15) is 20.2 Å². The number of halogens is 1. The van der Waals surface area contributed by atoms with Crippen molar-refractivity contribution < 1.29 is 4.39 Å². The molecule has 0 atom stereocenters. The van der Waals surface area contributed by atoms with E-state index in [0.29, 0.717) is 34.4 Å². The van der Waals surface area contributed by atoms with Crippen molar-refractivity contribution >= 4 is 23.7 Å². The summed E-state index contributed by atoms with van der Waals surface area (Å²) >= 11 is 1.47. The Morgan fingerprint density at radius 3 is 2.68 bits per heavy atom. The molecule has 8 heteroatoms. The monoisotopic (exact) mass is 318 g/mol. The molecular weight excluding hydrogens is 303 g/mol. The number of aromatic nitrogens is 3. The van der Waals surface area contributed by atoms with Crippen LogP contribution in [0.5, 0.6) is 0 Å². The van der Waals surface area contributed by atoms with Crippen LogP contribution in [-0.4, -0.2) is 29.0 Å². The van der Waals surface area contributed by atoms with Crippen LogP contribution in [-0.2, 0) is 11.5 Å². The van der Waals surface area contributed by atoms with Crippen LogP contribution in [0, 0.1) is 17.1 Å². The first-order valence-electron chi connectivity index (χ1n) is 6.43. The zero-order chi connectivity index (χ0) is 16.1. The van der Waals surface area contributed by atoms with Gasteiger partial charge in [0.2, 0.25) is 11.9 Å². The van der Waals surface area contributed by atoms with Gasteiger partial charge < -0.3 is 10.6 Å². The van der Waals surface area contributed by atoms with E-state index in [1.54, 1.807) is 17.0 Å². The number of nitrogens with zero attached hydrogens (tertiary/aromatic N) is 5. The van der Waals surface area contributed by atoms with Gasteiger partial charge in [0.15, 0.2) is 0 Å². The third-order valence-electron chi connectivity index (χ3n) is 2.76. The van der Waals surface area contributed by atoms with Gasteiger partial charge in [-0.3, -0.25) is 0 Å². The fourth-order valence-corrected chi connectivity index (χ4v) is 2.54. The summed E-state index contributed by atoms with van der Waals surface area (Å²) < 4.78 is 13.8. The standard InChI is InChI=1S/C14H15FN6S/c1-21(2)14-19-12(18-13(17)20-14)8-22-7-10-4-3-9(6-16)5-11(10)15/h3-5H,7-8H2,1-2H3,(H2,17,18,19,20). The van der Waals surface area contributed by atoms with E-state index in [9.17, 15) is 4.39 Å². The molecule has 0 spiro atoms. The second kappa shape index (κ2) is 7.04. The van der Waals surface area contributed by atoms with Crippen molar-refractivity contribution in [2.75, 3.05) is 24.7 Å². The van der Waals surface area contributed by atoms with E-state index in [-0.39, 0.29) is 11.8 Å². The topological polar surface area (TPSA) is 91.7 Å². The largest absolute Gasteiger partial charge is 0.368 e. The first kappa shape index (κ1) is 16.0. The lowest BCUT2D eigenvalue weighted by Gasteiger charge is -2.11. The highest BCUT2D eigenvalue weighted by Gasteiger charge is 2.08. The summed E-state index contributed by atoms with van der Waals surface area (Å²) in [5, 5.41) is 8.71. The van der Waals surface area contributed by atoms with E-state index in [2.05, 4.69) is 15.0 Å². The molecule has 0 amide bonds. The lowest BCUT2D eigenvalue weighted by molar-refractivity contribution is 0.617. The Morgan fingerprint density at radius 2 is 2.05 bits per heavy atom. The number of thioether (sulfide) groups is 1. The van der Waals surface area contributed by atoms with E-state index in [0.717, 1.165) is 0 Å². The van der Waals surface area contributed by atoms with E-state index in [1.165, 1.54) is 17.8 Å². The van der Waals surface area contributed by atoms with Gasteiger partial charge in [-0.25, -0.2) is 4.39 Å². The second-order valence-electron chi connectivity index (χ2n) is 4.72. The first-order valence-corrected chi connectivity index (χ1v) is 7.59. The van der Waals surface area contributed by atoms with E-state index in [1.807, 2.05) is 20.2 Å². The van der Waals surface area contributed by atoms with Crippen molar-refractivity contribution in [2.24, 2.45) is 0 Å². The fraction of sp³-hybridized carbons (Fsp3) is 0.286. The second-order valence-corrected chi connectivity index (χ2v) is 5.70. The molecule has 0 radical (unpaired) electrons. The zero-order valence-corrected chi connectivity index (χ0v) is 13.1. The molecule has 0 fully saturated rings. The maximum Gasteiger partial charge on any atom is 0.229 e. The smallest absolute Gasteiger partial charge is 0.229 e. The van der Waals surface area contributed by atoms with E-state index < -0.39 is 0 Å². The first-order chi connectivity index (χ1) is 10.5. The average Bonchev–Trinajstić information content (AvgIpc) is 2.48. The van der Waals surface area contributed by atoms with Crippen molar-refractivity contribution in [3.8, 4) is 6.07 Å². The van der Waals surface area contributed by atoms with Crippen LogP contribution in [0.2, 0.25) is 0 Å². The maximum absolute atomic E-state index is 13.8. The minimum Gasteiger partial charge on any atom is -0.368 e. The zero-order valence-electron chi connectivity index (χ0n) is 12.2. The Hall–Kier alpha value is -2.40. The summed E-state index contributed by atoms with van der Waals surface area (Å²) in [6, 6.07) is 6.36. The summed E-state index contributed by atoms with van der Waals surface area (Å²) in [4.78, 5) is 14.1. The number of nitrogens with two attached hydrogens (primary N) is 1. The molecule has 0 aliphatic heterocycles. The predicted octanol–water partition coefficient (Wildman–Crippen LogP) is 1.96. The molecule has 1 aromatic carbocycles. The average molecular weight is 318 g/mol. The minimum absolute atomic E-state index is 0.166. The van der Waals surface area contributed by atoms with Gasteiger partial charge in [0.25, 0.3) is 0 Å². The molecule has 0 aliphatic carbocycles. The van der Waals surface area contributed by atoms with Crippen molar-refractivity contribution in [3.05, 3.63) is 41.0 Å². The Bertz CT molecular complexity index is 713. The molecule has 0 aliphatic rings. The molecule has 2 aromatic rings. The van der Waals surface area contributed by atoms with Crippen molar-refractivity contribution in [1.29, 1.82) is 5.26 Å². The minimum atomic E-state index is -0.379. The molecule has 1 aromatic heterocycles. The van der Waals surface area contributed by atoms with Crippen LogP contribution in [0.4, 0.5) is 16.3 Å². The summed E-state index contributed by atoms with van der Waals surface area (Å²) in [5.74, 6) is 1.78. The van der Waals surface area contributed by atoms with Gasteiger partial charge in [0.05, 0.1) is 17.4 Å². The molecular formula is C14H15FN6S. The number of benzene rings is 1. The molecule has 0 saturated heterocycles. The molecule has 2 rings (SSSR count). The van der Waals surface area contributed by atoms with Crippen molar-refractivity contribution in [3.63, 3.8) is 0 Å². The van der Waals surface area contributed by atoms with Gasteiger partial charge in [-0.05, 0) is 17.7 Å². The van der Waals surface area contributed by atoms with E-state index >= 15 is 0 Å². The summed E-state index contributed by atoms with van der Waals surface area (Å²) in [6.07, 6.45) is 0. The number of rotatable bonds is 5. The predicted molar refractivity (Wildman–Crippen MR) is 84.7 cm³/mol. The van der Waals surface area contributed by atoms with Crippen molar-refractivity contribution in [1.82, 2.24) is 15.0 Å². The number of anilines is 2. The quantitative estimate of drug-likeness (QED) is 0.901. The Balaban J connectivity index is 2.01. The third kappa shape index (κ3) is 4.05. The van der Waals surface area contributed by atoms with Crippen LogP contribution in [0.1, 0.15) is 17.0 Å². The SMILES string of the molecule is CN(C)c1nc(N)nc(CSCc2ccc(C#N)cc2F)n1. The molecule has 1 heterocycles. The lowest BCUT2D eigenvalue weighted by atomic mass is 10.1. The molecule has 0 saturated carbocycles. The van der Waals surface area contributed by atoms with Gasteiger partial charge in [0, 0.05) is 19.8 Å². The molecule has 6 nitrogen and oxygen atoms in total. The van der Waals surface area contributed by atoms with Crippen molar-refractivity contribution in [2.45, 2.75) is 11.5 Å². The van der Waals surface area contributed by atoms with Gasteiger partial charge in [0.1, 0.15) is 11.6 Å². The summed E-state index contributed by atoms with van der Waals surface area (Å²) in [5.41, 5.74) is 6.50. The molecule has 0 unspecified atom stereocenters.